The smallest absolute Gasteiger partial charge is 0.260 e. The van der Waals surface area contributed by atoms with Crippen molar-refractivity contribution in [1.82, 2.24) is 9.88 Å². The van der Waals surface area contributed by atoms with Gasteiger partial charge in [-0.2, -0.15) is 0 Å². The average molecular weight is 442 g/mol. The fraction of sp³-hybridized carbons (Fsp3) is 0.417. The minimum Gasteiger partial charge on any atom is -0.490 e. The molecule has 0 spiro atoms. The number of hydrogen-bond donors (Lipinski definition) is 0. The number of anilines is 1. The highest BCUT2D eigenvalue weighted by Gasteiger charge is 2.23. The predicted molar refractivity (Wildman–Crippen MR) is 128 cm³/mol. The van der Waals surface area contributed by atoms with Crippen LogP contribution in [0.5, 0.6) is 11.5 Å². The van der Waals surface area contributed by atoms with Gasteiger partial charge >= 0.3 is 0 Å². The van der Waals surface area contributed by atoms with Crippen molar-refractivity contribution in [2.45, 2.75) is 27.7 Å². The molecule has 0 bridgehead atoms. The molecule has 1 amide bonds. The minimum absolute atomic E-state index is 0.0878. The molecule has 1 heterocycles. The van der Waals surface area contributed by atoms with Crippen LogP contribution in [-0.2, 0) is 0 Å². The molecule has 0 atom stereocenters. The fourth-order valence-corrected chi connectivity index (χ4v) is 4.37. The molecule has 3 rings (SSSR count). The van der Waals surface area contributed by atoms with Crippen molar-refractivity contribution in [3.8, 4) is 11.5 Å². The van der Waals surface area contributed by atoms with Crippen LogP contribution in [0.4, 0.5) is 5.13 Å². The molecule has 31 heavy (non-hydrogen) atoms. The van der Waals surface area contributed by atoms with Crippen LogP contribution >= 0.6 is 11.3 Å². The number of carbonyl (C=O) groups excluding carboxylic acids is 1. The topological polar surface area (TPSA) is 54.9 Å². The van der Waals surface area contributed by atoms with E-state index in [4.69, 9.17) is 14.5 Å². The van der Waals surface area contributed by atoms with Gasteiger partial charge in [0.2, 0.25) is 0 Å². The third-order valence-electron chi connectivity index (χ3n) is 5.08. The van der Waals surface area contributed by atoms with Gasteiger partial charge in [0.05, 0.1) is 23.4 Å². The van der Waals surface area contributed by atoms with E-state index in [9.17, 15) is 4.79 Å². The zero-order valence-corrected chi connectivity index (χ0v) is 19.6. The molecule has 2 aromatic carbocycles. The van der Waals surface area contributed by atoms with Gasteiger partial charge in [-0.1, -0.05) is 37.3 Å². The molecule has 0 saturated heterocycles. The van der Waals surface area contributed by atoms with Crippen LogP contribution in [0.3, 0.4) is 0 Å². The molecule has 7 heteroatoms. The number of para-hydroxylation sites is 1. The van der Waals surface area contributed by atoms with Crippen LogP contribution in [0.15, 0.2) is 42.5 Å². The summed E-state index contributed by atoms with van der Waals surface area (Å²) in [5.74, 6) is 1.15. The number of nitrogens with zero attached hydrogens (tertiary/aromatic N) is 3. The van der Waals surface area contributed by atoms with Gasteiger partial charge in [0, 0.05) is 18.7 Å². The predicted octanol–water partition coefficient (Wildman–Crippen LogP) is 5.08. The number of hydrogen-bond acceptors (Lipinski definition) is 6. The lowest BCUT2D eigenvalue weighted by molar-refractivity contribution is 0.0983. The van der Waals surface area contributed by atoms with E-state index in [0.29, 0.717) is 42.0 Å². The quantitative estimate of drug-likeness (QED) is 0.415. The summed E-state index contributed by atoms with van der Waals surface area (Å²) in [6.07, 6.45) is 0. The number of aromatic nitrogens is 1. The lowest BCUT2D eigenvalue weighted by Crippen LogP contribution is -2.38. The van der Waals surface area contributed by atoms with Gasteiger partial charge in [0.15, 0.2) is 16.6 Å². The number of thiazole rings is 1. The second-order valence-electron chi connectivity index (χ2n) is 6.98. The highest BCUT2D eigenvalue weighted by atomic mass is 32.1. The van der Waals surface area contributed by atoms with Crippen LogP contribution < -0.4 is 14.4 Å². The maximum atomic E-state index is 13.6. The summed E-state index contributed by atoms with van der Waals surface area (Å²) < 4.78 is 12.4. The Morgan fingerprint density at radius 3 is 2.32 bits per heavy atom. The third kappa shape index (κ3) is 5.54. The molecule has 0 unspecified atom stereocenters. The highest BCUT2D eigenvalue weighted by molar-refractivity contribution is 7.22. The van der Waals surface area contributed by atoms with E-state index in [2.05, 4.69) is 18.7 Å². The molecule has 1 aromatic heterocycles. The van der Waals surface area contributed by atoms with Crippen LogP contribution in [-0.4, -0.2) is 55.2 Å². The lowest BCUT2D eigenvalue weighted by Gasteiger charge is -2.25. The van der Waals surface area contributed by atoms with Crippen molar-refractivity contribution in [1.29, 1.82) is 0 Å². The van der Waals surface area contributed by atoms with Crippen molar-refractivity contribution in [3.05, 3.63) is 48.0 Å². The summed E-state index contributed by atoms with van der Waals surface area (Å²) >= 11 is 1.54. The van der Waals surface area contributed by atoms with Crippen LogP contribution in [0.2, 0.25) is 0 Å². The van der Waals surface area contributed by atoms with E-state index in [0.717, 1.165) is 29.9 Å². The molecule has 3 aromatic rings. The zero-order valence-electron chi connectivity index (χ0n) is 18.8. The zero-order chi connectivity index (χ0) is 22.2. The van der Waals surface area contributed by atoms with E-state index in [1.54, 1.807) is 28.4 Å². The Hall–Kier alpha value is -2.64. The number of rotatable bonds is 11. The highest BCUT2D eigenvalue weighted by Crippen LogP contribution is 2.32. The first-order valence-electron chi connectivity index (χ1n) is 10.9. The number of amides is 1. The Balaban J connectivity index is 1.95. The van der Waals surface area contributed by atoms with Crippen molar-refractivity contribution >= 4 is 32.6 Å². The summed E-state index contributed by atoms with van der Waals surface area (Å²) in [6, 6.07) is 13.4. The van der Waals surface area contributed by atoms with Crippen molar-refractivity contribution in [2.75, 3.05) is 44.3 Å². The summed E-state index contributed by atoms with van der Waals surface area (Å²) in [5.41, 5.74) is 1.47. The number of carbonyl (C=O) groups is 1. The normalized spacial score (nSPS) is 11.1. The number of likely N-dealkylation sites (N-methyl/N-ethyl adjacent to an activating group) is 1. The largest absolute Gasteiger partial charge is 0.490 e. The molecule has 0 aliphatic carbocycles. The van der Waals surface area contributed by atoms with Crippen molar-refractivity contribution in [3.63, 3.8) is 0 Å². The standard InChI is InChI=1S/C24H31N3O3S/c1-5-26(6-2)15-16-27(24-25-19-11-9-10-12-22(19)31-24)23(28)18-13-14-20(29-7-3)21(17-18)30-8-4/h9-14,17H,5-8,15-16H2,1-4H3. The first-order valence-corrected chi connectivity index (χ1v) is 11.7. The molecule has 0 aliphatic heterocycles. The summed E-state index contributed by atoms with van der Waals surface area (Å²) in [7, 11) is 0. The summed E-state index contributed by atoms with van der Waals surface area (Å²) in [5, 5.41) is 0.713. The molecule has 0 N–H and O–H groups in total. The lowest BCUT2D eigenvalue weighted by atomic mass is 10.1. The van der Waals surface area contributed by atoms with Crippen LogP contribution in [0, 0.1) is 0 Å². The van der Waals surface area contributed by atoms with Crippen LogP contribution in [0.1, 0.15) is 38.1 Å². The Kier molecular flexibility index (Phi) is 8.26. The molecule has 6 nitrogen and oxygen atoms in total. The van der Waals surface area contributed by atoms with Gasteiger partial charge in [-0.3, -0.25) is 9.69 Å². The first-order chi connectivity index (χ1) is 15.1. The second kappa shape index (κ2) is 11.1. The Bertz CT molecular complexity index is 968. The monoisotopic (exact) mass is 441 g/mol. The molecule has 0 radical (unpaired) electrons. The van der Waals surface area contributed by atoms with Gasteiger partial charge in [-0.15, -0.1) is 0 Å². The minimum atomic E-state index is -0.0878. The summed E-state index contributed by atoms with van der Waals surface area (Å²) in [4.78, 5) is 22.4. The van der Waals surface area contributed by atoms with Gasteiger partial charge in [-0.05, 0) is 57.3 Å². The molecular formula is C24H31N3O3S. The second-order valence-corrected chi connectivity index (χ2v) is 7.98. The third-order valence-corrected chi connectivity index (χ3v) is 6.14. The Labute approximate surface area is 188 Å². The van der Waals surface area contributed by atoms with Crippen LogP contribution in [0.25, 0.3) is 10.2 Å². The molecule has 0 saturated carbocycles. The number of benzene rings is 2. The molecule has 0 aliphatic rings. The van der Waals surface area contributed by atoms with E-state index in [-0.39, 0.29) is 5.91 Å². The molecular weight excluding hydrogens is 410 g/mol. The maximum absolute atomic E-state index is 13.6. The molecule has 0 fully saturated rings. The van der Waals surface area contributed by atoms with E-state index in [1.807, 2.05) is 44.2 Å². The van der Waals surface area contributed by atoms with Crippen molar-refractivity contribution in [2.24, 2.45) is 0 Å². The molecule has 166 valence electrons. The Morgan fingerprint density at radius 1 is 0.935 bits per heavy atom. The Morgan fingerprint density at radius 2 is 1.65 bits per heavy atom. The number of fused-ring (bicyclic) bond motifs is 1. The maximum Gasteiger partial charge on any atom is 0.260 e. The van der Waals surface area contributed by atoms with Gasteiger partial charge in [-0.25, -0.2) is 4.98 Å². The fourth-order valence-electron chi connectivity index (χ4n) is 3.38. The van der Waals surface area contributed by atoms with Gasteiger partial charge in [0.1, 0.15) is 0 Å². The summed E-state index contributed by atoms with van der Waals surface area (Å²) in [6.45, 7) is 12.4. The SMILES string of the molecule is CCOc1ccc(C(=O)N(CCN(CC)CC)c2nc3ccccc3s2)cc1OCC. The van der Waals surface area contributed by atoms with E-state index < -0.39 is 0 Å². The van der Waals surface area contributed by atoms with Gasteiger partial charge in [0.25, 0.3) is 5.91 Å². The number of ether oxygens (including phenoxy) is 2. The van der Waals surface area contributed by atoms with E-state index in [1.165, 1.54) is 0 Å². The van der Waals surface area contributed by atoms with E-state index >= 15 is 0 Å². The van der Waals surface area contributed by atoms with Gasteiger partial charge < -0.3 is 14.4 Å². The average Bonchev–Trinajstić information content (AvgIpc) is 3.22. The van der Waals surface area contributed by atoms with Crippen molar-refractivity contribution < 1.29 is 14.3 Å². The first kappa shape index (κ1) is 23.0.